The molecule has 1 rings (SSSR count). The Morgan fingerprint density at radius 2 is 2.06 bits per heavy atom. The van der Waals surface area contributed by atoms with Crippen LogP contribution in [0.2, 0.25) is 0 Å². The van der Waals surface area contributed by atoms with E-state index in [1.807, 2.05) is 0 Å². The van der Waals surface area contributed by atoms with Crippen LogP contribution in [-0.4, -0.2) is 21.4 Å². The zero-order valence-electron chi connectivity index (χ0n) is 9.12. The molecule has 0 saturated carbocycles. The van der Waals surface area contributed by atoms with E-state index in [-0.39, 0.29) is 16.8 Å². The average molecular weight is 250 g/mol. The number of hydrogen-bond donors (Lipinski definition) is 3. The van der Waals surface area contributed by atoms with Crippen molar-refractivity contribution in [2.75, 3.05) is 0 Å². The topological polar surface area (TPSA) is 79.4 Å². The predicted octanol–water partition coefficient (Wildman–Crippen LogP) is 1.54. The third-order valence-corrected chi connectivity index (χ3v) is 2.35. The molecule has 4 nitrogen and oxygen atoms in total. The largest absolute Gasteiger partial charge is 0.506 e. The van der Waals surface area contributed by atoms with Gasteiger partial charge in [0, 0.05) is 23.4 Å². The van der Waals surface area contributed by atoms with Crippen LogP contribution in [0.3, 0.4) is 0 Å². The van der Waals surface area contributed by atoms with Gasteiger partial charge in [-0.1, -0.05) is 0 Å². The highest BCUT2D eigenvalue weighted by molar-refractivity contribution is 5.42. The Kier molecular flexibility index (Phi) is 3.94. The van der Waals surface area contributed by atoms with Crippen LogP contribution in [-0.2, 0) is 6.61 Å². The van der Waals surface area contributed by atoms with Gasteiger partial charge in [-0.3, -0.25) is 4.98 Å². The van der Waals surface area contributed by atoms with Gasteiger partial charge in [-0.05, 0) is 6.92 Å². The smallest absolute Gasteiger partial charge is 0.390 e. The maximum absolute atomic E-state index is 12.2. The first kappa shape index (κ1) is 13.7. The average Bonchev–Trinajstić information content (AvgIpc) is 2.19. The lowest BCUT2D eigenvalue weighted by molar-refractivity contribution is -0.138. The number of halogens is 3. The van der Waals surface area contributed by atoms with Gasteiger partial charge in [-0.25, -0.2) is 0 Å². The first-order chi connectivity index (χ1) is 7.76. The summed E-state index contributed by atoms with van der Waals surface area (Å²) in [5, 5.41) is 18.6. The summed E-state index contributed by atoms with van der Waals surface area (Å²) in [6, 6.07) is -1.42. The first-order valence-corrected chi connectivity index (χ1v) is 4.86. The molecule has 0 aromatic carbocycles. The number of pyridine rings is 1. The van der Waals surface area contributed by atoms with Crippen LogP contribution in [0.4, 0.5) is 13.2 Å². The van der Waals surface area contributed by atoms with Crippen molar-refractivity contribution in [3.8, 4) is 5.75 Å². The number of aromatic hydroxyl groups is 1. The molecule has 1 aromatic heterocycles. The van der Waals surface area contributed by atoms with Crippen LogP contribution in [0.15, 0.2) is 6.20 Å². The summed E-state index contributed by atoms with van der Waals surface area (Å²) in [4.78, 5) is 3.74. The molecule has 1 atom stereocenters. The molecule has 7 heteroatoms. The van der Waals surface area contributed by atoms with E-state index in [9.17, 15) is 18.3 Å². The highest BCUT2D eigenvalue weighted by atomic mass is 19.4. The van der Waals surface area contributed by atoms with Crippen LogP contribution in [0.5, 0.6) is 5.75 Å². The Labute approximate surface area is 95.9 Å². The fourth-order valence-electron chi connectivity index (χ4n) is 1.54. The highest BCUT2D eigenvalue weighted by Gasteiger charge is 2.33. The maximum Gasteiger partial charge on any atom is 0.390 e. The number of aliphatic hydroxyl groups excluding tert-OH is 1. The summed E-state index contributed by atoms with van der Waals surface area (Å²) in [6.07, 6.45) is -4.49. The lowest BCUT2D eigenvalue weighted by Crippen LogP contribution is -2.22. The minimum atomic E-state index is -4.43. The number of aliphatic hydroxyl groups is 1. The van der Waals surface area contributed by atoms with Crippen molar-refractivity contribution in [2.24, 2.45) is 5.73 Å². The Bertz CT molecular complexity index is 407. The van der Waals surface area contributed by atoms with Gasteiger partial charge in [0.25, 0.3) is 0 Å². The molecule has 0 unspecified atom stereocenters. The second-order valence-electron chi connectivity index (χ2n) is 3.72. The van der Waals surface area contributed by atoms with Gasteiger partial charge >= 0.3 is 6.18 Å². The highest BCUT2D eigenvalue weighted by Crippen LogP contribution is 2.35. The number of aromatic nitrogens is 1. The summed E-state index contributed by atoms with van der Waals surface area (Å²) < 4.78 is 36.7. The number of nitrogens with two attached hydrogens (primary N) is 1. The molecule has 1 aromatic rings. The van der Waals surface area contributed by atoms with Gasteiger partial charge < -0.3 is 15.9 Å². The van der Waals surface area contributed by atoms with Crippen LogP contribution >= 0.6 is 0 Å². The van der Waals surface area contributed by atoms with E-state index in [4.69, 9.17) is 10.8 Å². The second-order valence-corrected chi connectivity index (χ2v) is 3.72. The molecule has 0 bridgehead atoms. The molecule has 0 aliphatic rings. The van der Waals surface area contributed by atoms with Crippen molar-refractivity contribution in [3.63, 3.8) is 0 Å². The summed E-state index contributed by atoms with van der Waals surface area (Å²) >= 11 is 0. The number of nitrogens with zero attached hydrogens (tertiary/aromatic N) is 1. The summed E-state index contributed by atoms with van der Waals surface area (Å²) in [6.45, 7) is 0.919. The lowest BCUT2D eigenvalue weighted by atomic mass is 9.98. The van der Waals surface area contributed by atoms with Gasteiger partial charge in [-0.15, -0.1) is 0 Å². The molecule has 0 aliphatic heterocycles. The number of alkyl halides is 3. The van der Waals surface area contributed by atoms with Crippen molar-refractivity contribution in [1.29, 1.82) is 0 Å². The molecule has 0 aliphatic carbocycles. The molecule has 0 saturated heterocycles. The van der Waals surface area contributed by atoms with E-state index in [1.54, 1.807) is 0 Å². The minimum Gasteiger partial charge on any atom is -0.506 e. The molecule has 0 fully saturated rings. The lowest BCUT2D eigenvalue weighted by Gasteiger charge is -2.19. The van der Waals surface area contributed by atoms with Crippen molar-refractivity contribution in [2.45, 2.75) is 32.2 Å². The molecular formula is C10H13F3N2O2. The number of rotatable bonds is 3. The maximum atomic E-state index is 12.2. The molecule has 1 heterocycles. The number of hydrogen-bond acceptors (Lipinski definition) is 4. The van der Waals surface area contributed by atoms with Gasteiger partial charge in [0.1, 0.15) is 5.75 Å². The zero-order chi connectivity index (χ0) is 13.2. The molecule has 0 spiro atoms. The van der Waals surface area contributed by atoms with Gasteiger partial charge in [0.05, 0.1) is 18.7 Å². The third-order valence-electron chi connectivity index (χ3n) is 2.35. The Morgan fingerprint density at radius 1 is 1.47 bits per heavy atom. The Balaban J connectivity index is 3.15. The van der Waals surface area contributed by atoms with Crippen molar-refractivity contribution in [1.82, 2.24) is 4.98 Å². The standard InChI is InChI=1S/C10H13F3N2O2/c1-5-9(17)8(6(4-16)3-15-5)7(14)2-10(11,12)13/h3,7,16-17H,2,4,14H2,1H3/t7-/m1/s1. The molecule has 0 radical (unpaired) electrons. The zero-order valence-corrected chi connectivity index (χ0v) is 9.12. The molecule has 96 valence electrons. The Hall–Kier alpha value is -1.34. The van der Waals surface area contributed by atoms with Crippen molar-refractivity contribution < 1.29 is 23.4 Å². The van der Waals surface area contributed by atoms with E-state index < -0.39 is 31.0 Å². The Morgan fingerprint density at radius 3 is 2.53 bits per heavy atom. The molecule has 0 amide bonds. The van der Waals surface area contributed by atoms with Crippen LogP contribution in [0, 0.1) is 6.92 Å². The molecule has 17 heavy (non-hydrogen) atoms. The van der Waals surface area contributed by atoms with Gasteiger partial charge in [0.2, 0.25) is 0 Å². The summed E-state index contributed by atoms with van der Waals surface area (Å²) in [7, 11) is 0. The van der Waals surface area contributed by atoms with Crippen molar-refractivity contribution >= 4 is 0 Å². The number of aryl methyl sites for hydroxylation is 1. The van der Waals surface area contributed by atoms with E-state index in [2.05, 4.69) is 4.98 Å². The van der Waals surface area contributed by atoms with E-state index in [0.717, 1.165) is 0 Å². The van der Waals surface area contributed by atoms with Gasteiger partial charge in [0.15, 0.2) is 0 Å². The van der Waals surface area contributed by atoms with Gasteiger partial charge in [-0.2, -0.15) is 13.2 Å². The first-order valence-electron chi connectivity index (χ1n) is 4.86. The van der Waals surface area contributed by atoms with Crippen LogP contribution < -0.4 is 5.73 Å². The SMILES string of the molecule is Cc1ncc(CO)c([C@H](N)CC(F)(F)F)c1O. The quantitative estimate of drug-likeness (QED) is 0.760. The fraction of sp³-hybridized carbons (Fsp3) is 0.500. The summed E-state index contributed by atoms with van der Waals surface area (Å²) in [5.74, 6) is -0.395. The minimum absolute atomic E-state index is 0.0997. The normalized spacial score (nSPS) is 13.8. The predicted molar refractivity (Wildman–Crippen MR) is 54.2 cm³/mol. The molecule has 4 N–H and O–H groups in total. The van der Waals surface area contributed by atoms with E-state index >= 15 is 0 Å². The summed E-state index contributed by atoms with van der Waals surface area (Å²) in [5.41, 5.74) is 5.59. The van der Waals surface area contributed by atoms with Crippen LogP contribution in [0.1, 0.15) is 29.3 Å². The van der Waals surface area contributed by atoms with Crippen LogP contribution in [0.25, 0.3) is 0 Å². The second kappa shape index (κ2) is 4.89. The third kappa shape index (κ3) is 3.31. The monoisotopic (exact) mass is 250 g/mol. The molecular weight excluding hydrogens is 237 g/mol. The van der Waals surface area contributed by atoms with E-state index in [1.165, 1.54) is 13.1 Å². The van der Waals surface area contributed by atoms with Crippen molar-refractivity contribution in [3.05, 3.63) is 23.0 Å². The van der Waals surface area contributed by atoms with E-state index in [0.29, 0.717) is 0 Å². The fourth-order valence-corrected chi connectivity index (χ4v) is 1.54.